The van der Waals surface area contributed by atoms with Crippen LogP contribution < -0.4 is 10.6 Å². The maximum atomic E-state index is 5.50. The number of benzene rings is 1. The third-order valence-corrected chi connectivity index (χ3v) is 3.10. The molecule has 0 aliphatic carbocycles. The average Bonchev–Trinajstić information content (AvgIpc) is 2.96. The van der Waals surface area contributed by atoms with Gasteiger partial charge in [-0.1, -0.05) is 12.1 Å². The molecular formula is C16H20N2O2S. The number of furan rings is 1. The number of nitrogens with one attached hydrogen (secondary N) is 2. The number of aryl methyl sites for hydroxylation is 1. The monoisotopic (exact) mass is 304 g/mol. The lowest BCUT2D eigenvalue weighted by molar-refractivity contribution is 0.105. The van der Waals surface area contributed by atoms with Gasteiger partial charge in [-0.3, -0.25) is 0 Å². The summed E-state index contributed by atoms with van der Waals surface area (Å²) in [6.45, 7) is 4.01. The Bertz CT molecular complexity index is 555. The number of anilines is 1. The normalized spacial score (nSPS) is 10.3. The molecule has 0 radical (unpaired) electrons. The van der Waals surface area contributed by atoms with Gasteiger partial charge in [0.15, 0.2) is 5.11 Å². The van der Waals surface area contributed by atoms with E-state index in [4.69, 9.17) is 21.4 Å². The highest BCUT2D eigenvalue weighted by atomic mass is 32.1. The topological polar surface area (TPSA) is 46.4 Å². The molecule has 0 spiro atoms. The summed E-state index contributed by atoms with van der Waals surface area (Å²) in [5.74, 6) is 0.847. The Labute approximate surface area is 130 Å². The Morgan fingerprint density at radius 1 is 1.29 bits per heavy atom. The molecule has 0 amide bonds. The number of hydrogen-bond acceptors (Lipinski definition) is 3. The van der Waals surface area contributed by atoms with Gasteiger partial charge in [0.25, 0.3) is 0 Å². The van der Waals surface area contributed by atoms with Gasteiger partial charge in [-0.25, -0.2) is 0 Å². The van der Waals surface area contributed by atoms with E-state index in [0.29, 0.717) is 18.3 Å². The van der Waals surface area contributed by atoms with Gasteiger partial charge in [0.05, 0.1) is 6.26 Å². The second kappa shape index (κ2) is 8.44. The molecule has 21 heavy (non-hydrogen) atoms. The van der Waals surface area contributed by atoms with Gasteiger partial charge in [-0.15, -0.1) is 0 Å². The van der Waals surface area contributed by atoms with E-state index in [2.05, 4.69) is 29.7 Å². The first-order valence-electron chi connectivity index (χ1n) is 6.96. The maximum absolute atomic E-state index is 5.50. The van der Waals surface area contributed by atoms with Crippen molar-refractivity contribution in [3.05, 3.63) is 54.0 Å². The first-order chi connectivity index (χ1) is 10.2. The predicted molar refractivity (Wildman–Crippen MR) is 88.4 cm³/mol. The van der Waals surface area contributed by atoms with Gasteiger partial charge in [0.1, 0.15) is 12.4 Å². The second-order valence-electron chi connectivity index (χ2n) is 4.74. The van der Waals surface area contributed by atoms with E-state index in [1.807, 2.05) is 24.3 Å². The minimum absolute atomic E-state index is 0.513. The highest BCUT2D eigenvalue weighted by Gasteiger charge is 1.98. The summed E-state index contributed by atoms with van der Waals surface area (Å²) >= 11 is 5.24. The molecule has 2 rings (SSSR count). The maximum Gasteiger partial charge on any atom is 0.170 e. The Kier molecular flexibility index (Phi) is 6.24. The Balaban J connectivity index is 1.55. The van der Waals surface area contributed by atoms with Crippen LogP contribution in [-0.4, -0.2) is 18.3 Å². The minimum Gasteiger partial charge on any atom is -0.467 e. The Morgan fingerprint density at radius 3 is 2.95 bits per heavy atom. The molecule has 4 nitrogen and oxygen atoms in total. The number of rotatable bonds is 7. The van der Waals surface area contributed by atoms with E-state index >= 15 is 0 Å². The van der Waals surface area contributed by atoms with Crippen molar-refractivity contribution in [3.63, 3.8) is 0 Å². The van der Waals surface area contributed by atoms with E-state index in [9.17, 15) is 0 Å². The molecule has 0 saturated heterocycles. The highest BCUT2D eigenvalue weighted by Crippen LogP contribution is 2.09. The zero-order valence-electron chi connectivity index (χ0n) is 12.1. The molecule has 0 fully saturated rings. The lowest BCUT2D eigenvalue weighted by Crippen LogP contribution is -2.29. The summed E-state index contributed by atoms with van der Waals surface area (Å²) in [5, 5.41) is 6.95. The predicted octanol–water partition coefficient (Wildman–Crippen LogP) is 3.48. The van der Waals surface area contributed by atoms with Crippen molar-refractivity contribution in [2.75, 3.05) is 18.5 Å². The summed E-state index contributed by atoms with van der Waals surface area (Å²) in [7, 11) is 0. The molecule has 1 aromatic heterocycles. The van der Waals surface area contributed by atoms with Gasteiger partial charge in [-0.05, 0) is 55.4 Å². The third-order valence-electron chi connectivity index (χ3n) is 2.85. The van der Waals surface area contributed by atoms with Crippen LogP contribution in [0, 0.1) is 6.92 Å². The van der Waals surface area contributed by atoms with Gasteiger partial charge < -0.3 is 19.8 Å². The molecule has 5 heteroatoms. The fraction of sp³-hybridized carbons (Fsp3) is 0.312. The second-order valence-corrected chi connectivity index (χ2v) is 5.14. The van der Waals surface area contributed by atoms with Crippen LogP contribution in [0.15, 0.2) is 47.1 Å². The summed E-state index contributed by atoms with van der Waals surface area (Å²) < 4.78 is 10.7. The molecule has 2 aromatic rings. The van der Waals surface area contributed by atoms with Crippen molar-refractivity contribution in [3.8, 4) is 0 Å². The van der Waals surface area contributed by atoms with Crippen LogP contribution in [0.2, 0.25) is 0 Å². The molecule has 0 bridgehead atoms. The van der Waals surface area contributed by atoms with E-state index < -0.39 is 0 Å². The lowest BCUT2D eigenvalue weighted by atomic mass is 10.2. The van der Waals surface area contributed by atoms with E-state index in [1.54, 1.807) is 6.26 Å². The molecule has 0 unspecified atom stereocenters. The summed E-state index contributed by atoms with van der Waals surface area (Å²) in [4.78, 5) is 0. The van der Waals surface area contributed by atoms with Crippen LogP contribution in [0.5, 0.6) is 0 Å². The Morgan fingerprint density at radius 2 is 2.19 bits per heavy atom. The zero-order chi connectivity index (χ0) is 14.9. The largest absolute Gasteiger partial charge is 0.467 e. The van der Waals surface area contributed by atoms with E-state index in [0.717, 1.165) is 24.4 Å². The quantitative estimate of drug-likeness (QED) is 0.606. The summed E-state index contributed by atoms with van der Waals surface area (Å²) in [6.07, 6.45) is 2.53. The fourth-order valence-electron chi connectivity index (χ4n) is 1.84. The van der Waals surface area contributed by atoms with E-state index in [-0.39, 0.29) is 0 Å². The SMILES string of the molecule is Cc1cccc(NC(=S)NCCCOCc2ccco2)c1. The van der Waals surface area contributed by atoms with Crippen LogP contribution in [0.3, 0.4) is 0 Å². The average molecular weight is 304 g/mol. The number of thiocarbonyl (C=S) groups is 1. The van der Waals surface area contributed by atoms with Crippen LogP contribution in [-0.2, 0) is 11.3 Å². The highest BCUT2D eigenvalue weighted by molar-refractivity contribution is 7.80. The molecule has 1 heterocycles. The molecule has 0 saturated carbocycles. The van der Waals surface area contributed by atoms with Crippen LogP contribution >= 0.6 is 12.2 Å². The molecule has 0 aliphatic heterocycles. The van der Waals surface area contributed by atoms with Crippen molar-refractivity contribution >= 4 is 23.0 Å². The van der Waals surface area contributed by atoms with Gasteiger partial charge in [-0.2, -0.15) is 0 Å². The Hall–Kier alpha value is -1.85. The van der Waals surface area contributed by atoms with Crippen molar-refractivity contribution in [2.24, 2.45) is 0 Å². The smallest absolute Gasteiger partial charge is 0.170 e. The summed E-state index contributed by atoms with van der Waals surface area (Å²) in [6, 6.07) is 11.9. The molecule has 0 atom stereocenters. The number of ether oxygens (including phenoxy) is 1. The van der Waals surface area contributed by atoms with Crippen molar-refractivity contribution in [1.29, 1.82) is 0 Å². The van der Waals surface area contributed by atoms with Gasteiger partial charge in [0.2, 0.25) is 0 Å². The van der Waals surface area contributed by atoms with Crippen molar-refractivity contribution < 1.29 is 9.15 Å². The third kappa shape index (κ3) is 5.97. The zero-order valence-corrected chi connectivity index (χ0v) is 12.9. The van der Waals surface area contributed by atoms with Crippen LogP contribution in [0.25, 0.3) is 0 Å². The summed E-state index contributed by atoms with van der Waals surface area (Å²) in [5.41, 5.74) is 2.20. The number of hydrogen-bond donors (Lipinski definition) is 2. The lowest BCUT2D eigenvalue weighted by Gasteiger charge is -2.11. The molecule has 0 aliphatic rings. The van der Waals surface area contributed by atoms with Gasteiger partial charge in [0, 0.05) is 18.8 Å². The first kappa shape index (κ1) is 15.5. The van der Waals surface area contributed by atoms with E-state index in [1.165, 1.54) is 5.56 Å². The van der Waals surface area contributed by atoms with Crippen molar-refractivity contribution in [1.82, 2.24) is 5.32 Å². The molecular weight excluding hydrogens is 284 g/mol. The van der Waals surface area contributed by atoms with Crippen LogP contribution in [0.1, 0.15) is 17.7 Å². The van der Waals surface area contributed by atoms with Crippen LogP contribution in [0.4, 0.5) is 5.69 Å². The minimum atomic E-state index is 0.513. The van der Waals surface area contributed by atoms with Crippen molar-refractivity contribution in [2.45, 2.75) is 20.0 Å². The standard InChI is InChI=1S/C16H20N2O2S/c1-13-5-2-6-14(11-13)18-16(21)17-8-4-9-19-12-15-7-3-10-20-15/h2-3,5-7,10-11H,4,8-9,12H2,1H3,(H2,17,18,21). The van der Waals surface area contributed by atoms with Gasteiger partial charge >= 0.3 is 0 Å². The molecule has 1 aromatic carbocycles. The first-order valence-corrected chi connectivity index (χ1v) is 7.36. The fourth-order valence-corrected chi connectivity index (χ4v) is 2.06. The molecule has 2 N–H and O–H groups in total. The molecule has 112 valence electrons.